The van der Waals surface area contributed by atoms with E-state index in [-0.39, 0.29) is 18.0 Å². The first kappa shape index (κ1) is 16.3. The minimum Gasteiger partial charge on any atom is -0.379 e. The van der Waals surface area contributed by atoms with Gasteiger partial charge < -0.3 is 15.4 Å². The monoisotopic (exact) mass is 305 g/mol. The van der Waals surface area contributed by atoms with E-state index in [0.717, 1.165) is 12.1 Å². The van der Waals surface area contributed by atoms with Crippen molar-refractivity contribution in [3.05, 3.63) is 29.8 Å². The van der Waals surface area contributed by atoms with Gasteiger partial charge >= 0.3 is 6.03 Å². The van der Waals surface area contributed by atoms with Crippen LogP contribution < -0.4 is 15.5 Å². The fraction of sp³-hybridized carbons (Fsp3) is 0.500. The molecule has 22 heavy (non-hydrogen) atoms. The van der Waals surface area contributed by atoms with Crippen molar-refractivity contribution in [1.82, 2.24) is 10.6 Å². The highest BCUT2D eigenvalue weighted by Gasteiger charge is 2.21. The van der Waals surface area contributed by atoms with Crippen LogP contribution in [0.25, 0.3) is 0 Å². The van der Waals surface area contributed by atoms with Crippen molar-refractivity contribution in [2.45, 2.75) is 26.4 Å². The molecule has 0 spiro atoms. The number of benzene rings is 1. The lowest BCUT2D eigenvalue weighted by molar-refractivity contribution is 0.0757. The number of nitrogens with one attached hydrogen (secondary N) is 2. The zero-order valence-electron chi connectivity index (χ0n) is 13.1. The molecule has 120 valence electrons. The van der Waals surface area contributed by atoms with E-state index < -0.39 is 0 Å². The fourth-order valence-corrected chi connectivity index (χ4v) is 2.21. The van der Waals surface area contributed by atoms with Gasteiger partial charge in [-0.1, -0.05) is 0 Å². The zero-order chi connectivity index (χ0) is 15.9. The van der Waals surface area contributed by atoms with Crippen molar-refractivity contribution in [3.63, 3.8) is 0 Å². The smallest absolute Gasteiger partial charge is 0.321 e. The highest BCUT2D eigenvalue weighted by Crippen LogP contribution is 2.17. The maximum atomic E-state index is 12.0. The van der Waals surface area contributed by atoms with Crippen LogP contribution in [0.3, 0.4) is 0 Å². The zero-order valence-corrected chi connectivity index (χ0v) is 13.1. The molecule has 1 fully saturated rings. The summed E-state index contributed by atoms with van der Waals surface area (Å²) in [5, 5.41) is 5.61. The van der Waals surface area contributed by atoms with Gasteiger partial charge in [0.25, 0.3) is 5.91 Å². The summed E-state index contributed by atoms with van der Waals surface area (Å²) in [6.45, 7) is 6.50. The molecule has 2 N–H and O–H groups in total. The Hall–Kier alpha value is -2.08. The van der Waals surface area contributed by atoms with Crippen LogP contribution >= 0.6 is 0 Å². The van der Waals surface area contributed by atoms with Crippen LogP contribution in [0, 0.1) is 0 Å². The van der Waals surface area contributed by atoms with Crippen LogP contribution in [-0.2, 0) is 4.74 Å². The van der Waals surface area contributed by atoms with E-state index in [1.165, 1.54) is 0 Å². The normalized spacial score (nSPS) is 14.3. The summed E-state index contributed by atoms with van der Waals surface area (Å²) in [6, 6.07) is 6.97. The minimum atomic E-state index is -0.109. The molecule has 3 amide bonds. The van der Waals surface area contributed by atoms with E-state index in [2.05, 4.69) is 10.6 Å². The summed E-state index contributed by atoms with van der Waals surface area (Å²) < 4.78 is 5.42. The summed E-state index contributed by atoms with van der Waals surface area (Å²) in [4.78, 5) is 25.2. The second-order valence-electron chi connectivity index (χ2n) is 5.46. The number of anilines is 1. The Morgan fingerprint density at radius 1 is 1.36 bits per heavy atom. The molecular formula is C16H23N3O3. The summed E-state index contributed by atoms with van der Waals surface area (Å²) in [5.74, 6) is -0.109. The van der Waals surface area contributed by atoms with Crippen LogP contribution in [-0.4, -0.2) is 44.3 Å². The standard InChI is InChI=1S/C16H23N3O3/c1-12(2)22-11-3-8-17-15(20)13-4-6-14(7-5-13)19-10-9-18-16(19)21/h4-7,12H,3,8-11H2,1-2H3,(H,17,20)(H,18,21). The molecule has 1 heterocycles. The topological polar surface area (TPSA) is 70.7 Å². The number of ether oxygens (including phenoxy) is 1. The highest BCUT2D eigenvalue weighted by molar-refractivity contribution is 5.96. The molecule has 1 aromatic carbocycles. The second kappa shape index (κ2) is 7.79. The second-order valence-corrected chi connectivity index (χ2v) is 5.46. The van der Waals surface area contributed by atoms with Crippen LogP contribution in [0.4, 0.5) is 10.5 Å². The van der Waals surface area contributed by atoms with E-state index in [0.29, 0.717) is 31.8 Å². The van der Waals surface area contributed by atoms with Gasteiger partial charge in [0, 0.05) is 37.5 Å². The van der Waals surface area contributed by atoms with Gasteiger partial charge in [-0.05, 0) is 44.5 Å². The quantitative estimate of drug-likeness (QED) is 0.754. The molecule has 0 aliphatic carbocycles. The van der Waals surface area contributed by atoms with E-state index in [9.17, 15) is 9.59 Å². The van der Waals surface area contributed by atoms with Gasteiger partial charge in [0.2, 0.25) is 0 Å². The Bertz CT molecular complexity index is 514. The van der Waals surface area contributed by atoms with Crippen LogP contribution in [0.15, 0.2) is 24.3 Å². The molecule has 0 atom stereocenters. The van der Waals surface area contributed by atoms with Gasteiger partial charge in [0.15, 0.2) is 0 Å². The van der Waals surface area contributed by atoms with Crippen molar-refractivity contribution >= 4 is 17.6 Å². The molecule has 2 rings (SSSR count). The number of urea groups is 1. The average molecular weight is 305 g/mol. The summed E-state index contributed by atoms with van der Waals surface area (Å²) in [6.07, 6.45) is 1.00. The van der Waals surface area contributed by atoms with Crippen LogP contribution in [0.2, 0.25) is 0 Å². The minimum absolute atomic E-state index is 0.0950. The predicted molar refractivity (Wildman–Crippen MR) is 85.2 cm³/mol. The highest BCUT2D eigenvalue weighted by atomic mass is 16.5. The molecule has 1 saturated heterocycles. The van der Waals surface area contributed by atoms with Gasteiger partial charge in [-0.2, -0.15) is 0 Å². The SMILES string of the molecule is CC(C)OCCCNC(=O)c1ccc(N2CCNC2=O)cc1. The van der Waals surface area contributed by atoms with Gasteiger partial charge in [-0.3, -0.25) is 9.69 Å². The maximum absolute atomic E-state index is 12.0. The summed E-state index contributed by atoms with van der Waals surface area (Å²) >= 11 is 0. The van der Waals surface area contributed by atoms with E-state index in [1.807, 2.05) is 13.8 Å². The number of amides is 3. The van der Waals surface area contributed by atoms with Crippen LogP contribution in [0.1, 0.15) is 30.6 Å². The Labute approximate surface area is 130 Å². The lowest BCUT2D eigenvalue weighted by Gasteiger charge is -2.14. The molecule has 0 aromatic heterocycles. The van der Waals surface area contributed by atoms with E-state index in [1.54, 1.807) is 29.2 Å². The Morgan fingerprint density at radius 3 is 2.68 bits per heavy atom. The summed E-state index contributed by atoms with van der Waals surface area (Å²) in [5.41, 5.74) is 1.39. The molecule has 6 nitrogen and oxygen atoms in total. The number of nitrogens with zero attached hydrogens (tertiary/aromatic N) is 1. The maximum Gasteiger partial charge on any atom is 0.321 e. The Kier molecular flexibility index (Phi) is 5.77. The Morgan fingerprint density at radius 2 is 2.09 bits per heavy atom. The molecule has 0 radical (unpaired) electrons. The van der Waals surface area contributed by atoms with Gasteiger partial charge in [-0.25, -0.2) is 4.79 Å². The van der Waals surface area contributed by atoms with Crippen molar-refractivity contribution < 1.29 is 14.3 Å². The molecule has 6 heteroatoms. The first-order valence-corrected chi connectivity index (χ1v) is 7.63. The molecule has 1 aromatic rings. The lowest BCUT2D eigenvalue weighted by atomic mass is 10.2. The van der Waals surface area contributed by atoms with Gasteiger partial charge in [0.1, 0.15) is 0 Å². The number of hydrogen-bond donors (Lipinski definition) is 2. The van der Waals surface area contributed by atoms with Crippen molar-refractivity contribution in [2.75, 3.05) is 31.1 Å². The molecular weight excluding hydrogens is 282 g/mol. The lowest BCUT2D eigenvalue weighted by Crippen LogP contribution is -2.28. The largest absolute Gasteiger partial charge is 0.379 e. The van der Waals surface area contributed by atoms with Crippen molar-refractivity contribution in [1.29, 1.82) is 0 Å². The Balaban J connectivity index is 1.80. The molecule has 1 aliphatic heterocycles. The molecule has 0 bridgehead atoms. The third kappa shape index (κ3) is 4.46. The number of carbonyl (C=O) groups excluding carboxylic acids is 2. The van der Waals surface area contributed by atoms with Gasteiger partial charge in [-0.15, -0.1) is 0 Å². The number of carbonyl (C=O) groups is 2. The fourth-order valence-electron chi connectivity index (χ4n) is 2.21. The third-order valence-electron chi connectivity index (χ3n) is 3.36. The number of hydrogen-bond acceptors (Lipinski definition) is 3. The molecule has 0 saturated carbocycles. The van der Waals surface area contributed by atoms with Crippen LogP contribution in [0.5, 0.6) is 0 Å². The van der Waals surface area contributed by atoms with Gasteiger partial charge in [0.05, 0.1) is 6.10 Å². The first-order valence-electron chi connectivity index (χ1n) is 7.63. The summed E-state index contributed by atoms with van der Waals surface area (Å²) in [7, 11) is 0. The van der Waals surface area contributed by atoms with Crippen molar-refractivity contribution in [3.8, 4) is 0 Å². The molecule has 1 aliphatic rings. The van der Waals surface area contributed by atoms with E-state index >= 15 is 0 Å². The average Bonchev–Trinajstić information content (AvgIpc) is 2.92. The van der Waals surface area contributed by atoms with Crippen molar-refractivity contribution in [2.24, 2.45) is 0 Å². The number of rotatable bonds is 7. The first-order chi connectivity index (χ1) is 10.6. The third-order valence-corrected chi connectivity index (χ3v) is 3.36. The molecule has 0 unspecified atom stereocenters. The predicted octanol–water partition coefficient (Wildman–Crippen LogP) is 1.76. The van der Waals surface area contributed by atoms with E-state index in [4.69, 9.17) is 4.74 Å².